The molecule has 0 unspecified atom stereocenters. The third-order valence-corrected chi connectivity index (χ3v) is 4.62. The lowest BCUT2D eigenvalue weighted by atomic mass is 10.1. The molecular weight excluding hydrogens is 380 g/mol. The number of phenolic OH excluding ortho intramolecular Hbond substituents is 2. The van der Waals surface area contributed by atoms with Crippen LogP contribution in [-0.4, -0.2) is 29.4 Å². The van der Waals surface area contributed by atoms with Crippen LogP contribution in [0.2, 0.25) is 0 Å². The van der Waals surface area contributed by atoms with Crippen LogP contribution in [0.1, 0.15) is 63.0 Å². The molecule has 2 N–H and O–H groups in total. The number of benzene rings is 2. The van der Waals surface area contributed by atoms with E-state index in [0.29, 0.717) is 19.6 Å². The number of hydrogen-bond donors (Lipinski definition) is 2. The summed E-state index contributed by atoms with van der Waals surface area (Å²) in [7, 11) is 0. The first-order chi connectivity index (χ1) is 14.6. The first kappa shape index (κ1) is 23.3. The third-order valence-electron chi connectivity index (χ3n) is 4.62. The van der Waals surface area contributed by atoms with Crippen molar-refractivity contribution in [3.63, 3.8) is 0 Å². The van der Waals surface area contributed by atoms with Crippen molar-refractivity contribution in [2.75, 3.05) is 13.2 Å². The van der Waals surface area contributed by atoms with E-state index in [2.05, 4.69) is 0 Å². The van der Waals surface area contributed by atoms with Crippen molar-refractivity contribution < 1.29 is 24.5 Å². The molecule has 0 radical (unpaired) electrons. The van der Waals surface area contributed by atoms with E-state index in [1.165, 1.54) is 6.07 Å². The van der Waals surface area contributed by atoms with Gasteiger partial charge in [-0.05, 0) is 55.2 Å². The van der Waals surface area contributed by atoms with Crippen LogP contribution in [0.5, 0.6) is 17.2 Å². The van der Waals surface area contributed by atoms with Crippen LogP contribution in [0.4, 0.5) is 0 Å². The summed E-state index contributed by atoms with van der Waals surface area (Å²) < 4.78 is 10.7. The van der Waals surface area contributed by atoms with E-state index >= 15 is 0 Å². The smallest absolute Gasteiger partial charge is 0.305 e. The molecule has 162 valence electrons. The summed E-state index contributed by atoms with van der Waals surface area (Å²) in [6.45, 7) is 2.99. The summed E-state index contributed by atoms with van der Waals surface area (Å²) in [5.74, 6) is 0.827. The zero-order valence-electron chi connectivity index (χ0n) is 17.7. The van der Waals surface area contributed by atoms with Gasteiger partial charge in [-0.3, -0.25) is 4.79 Å². The SMILES string of the molecule is CCOC(=O)CCCCCCCCOc1ccc(/C=C/c2cc(O)cc(O)c2)cc1. The van der Waals surface area contributed by atoms with Gasteiger partial charge in [0.25, 0.3) is 0 Å². The zero-order chi connectivity index (χ0) is 21.6. The fourth-order valence-electron chi connectivity index (χ4n) is 3.08. The summed E-state index contributed by atoms with van der Waals surface area (Å²) >= 11 is 0. The monoisotopic (exact) mass is 412 g/mol. The molecule has 0 aromatic heterocycles. The highest BCUT2D eigenvalue weighted by molar-refractivity contribution is 5.71. The van der Waals surface area contributed by atoms with Crippen LogP contribution in [0, 0.1) is 0 Å². The third kappa shape index (κ3) is 9.50. The van der Waals surface area contributed by atoms with Crippen molar-refractivity contribution in [3.8, 4) is 17.2 Å². The maximum absolute atomic E-state index is 11.2. The van der Waals surface area contributed by atoms with E-state index in [1.54, 1.807) is 12.1 Å². The van der Waals surface area contributed by atoms with Gasteiger partial charge in [0.15, 0.2) is 0 Å². The minimum absolute atomic E-state index is 0.0371. The molecular formula is C25H32O5. The van der Waals surface area contributed by atoms with Gasteiger partial charge in [0.05, 0.1) is 13.2 Å². The minimum atomic E-state index is -0.0916. The maximum Gasteiger partial charge on any atom is 0.305 e. The van der Waals surface area contributed by atoms with E-state index in [4.69, 9.17) is 9.47 Å². The molecule has 0 spiro atoms. The predicted octanol–water partition coefficient (Wildman–Crippen LogP) is 5.94. The van der Waals surface area contributed by atoms with Crippen LogP contribution >= 0.6 is 0 Å². The number of unbranched alkanes of at least 4 members (excludes halogenated alkanes) is 5. The van der Waals surface area contributed by atoms with Crippen LogP contribution < -0.4 is 4.74 Å². The van der Waals surface area contributed by atoms with Gasteiger partial charge in [-0.1, -0.05) is 50.0 Å². The number of hydrogen-bond acceptors (Lipinski definition) is 5. The second kappa shape index (κ2) is 13.3. The Balaban J connectivity index is 1.59. The first-order valence-electron chi connectivity index (χ1n) is 10.7. The highest BCUT2D eigenvalue weighted by atomic mass is 16.5. The highest BCUT2D eigenvalue weighted by Crippen LogP contribution is 2.22. The number of rotatable bonds is 13. The Morgan fingerprint density at radius 2 is 1.43 bits per heavy atom. The number of carbonyl (C=O) groups excluding carboxylic acids is 1. The summed E-state index contributed by atoms with van der Waals surface area (Å²) in [5.41, 5.74) is 1.74. The molecule has 0 aliphatic carbocycles. The molecule has 0 amide bonds. The lowest BCUT2D eigenvalue weighted by Gasteiger charge is -2.06. The van der Waals surface area contributed by atoms with Crippen molar-refractivity contribution in [2.24, 2.45) is 0 Å². The summed E-state index contributed by atoms with van der Waals surface area (Å²) in [6.07, 6.45) is 10.7. The summed E-state index contributed by atoms with van der Waals surface area (Å²) in [5, 5.41) is 19.0. The van der Waals surface area contributed by atoms with Crippen LogP contribution in [0.3, 0.4) is 0 Å². The van der Waals surface area contributed by atoms with E-state index in [0.717, 1.165) is 55.4 Å². The van der Waals surface area contributed by atoms with Gasteiger partial charge in [-0.15, -0.1) is 0 Å². The largest absolute Gasteiger partial charge is 0.508 e. The fraction of sp³-hybridized carbons (Fsp3) is 0.400. The molecule has 0 atom stereocenters. The Kier molecular flexibility index (Phi) is 10.3. The Labute approximate surface area is 179 Å². The molecule has 2 rings (SSSR count). The standard InChI is InChI=1S/C25H32O5/c1-2-29-25(28)9-7-5-3-4-6-8-16-30-24-14-12-20(13-15-24)10-11-21-17-22(26)19-23(27)18-21/h10-15,17-19,26-27H,2-9,16H2,1H3/b11-10+. The van der Waals surface area contributed by atoms with Crippen molar-refractivity contribution in [1.82, 2.24) is 0 Å². The quantitative estimate of drug-likeness (QED) is 0.242. The van der Waals surface area contributed by atoms with E-state index in [1.807, 2.05) is 43.3 Å². The van der Waals surface area contributed by atoms with Gasteiger partial charge in [0, 0.05) is 12.5 Å². The number of esters is 1. The molecule has 2 aromatic rings. The van der Waals surface area contributed by atoms with Crippen LogP contribution in [-0.2, 0) is 9.53 Å². The minimum Gasteiger partial charge on any atom is -0.508 e. The fourth-order valence-corrected chi connectivity index (χ4v) is 3.08. The molecule has 0 saturated heterocycles. The van der Waals surface area contributed by atoms with E-state index in [-0.39, 0.29) is 17.5 Å². The van der Waals surface area contributed by atoms with Crippen molar-refractivity contribution >= 4 is 18.1 Å². The molecule has 0 bridgehead atoms. The lowest BCUT2D eigenvalue weighted by Crippen LogP contribution is -2.03. The van der Waals surface area contributed by atoms with Gasteiger partial charge in [0.2, 0.25) is 0 Å². The van der Waals surface area contributed by atoms with Crippen LogP contribution in [0.25, 0.3) is 12.2 Å². The van der Waals surface area contributed by atoms with Crippen LogP contribution in [0.15, 0.2) is 42.5 Å². The van der Waals surface area contributed by atoms with Crippen molar-refractivity contribution in [3.05, 3.63) is 53.6 Å². The second-order valence-corrected chi connectivity index (χ2v) is 7.21. The van der Waals surface area contributed by atoms with E-state index < -0.39 is 0 Å². The molecule has 5 heteroatoms. The van der Waals surface area contributed by atoms with Gasteiger partial charge in [-0.2, -0.15) is 0 Å². The van der Waals surface area contributed by atoms with Gasteiger partial charge in [-0.25, -0.2) is 0 Å². The molecule has 2 aromatic carbocycles. The maximum atomic E-state index is 11.2. The Hall–Kier alpha value is -2.95. The van der Waals surface area contributed by atoms with Gasteiger partial charge >= 0.3 is 5.97 Å². The lowest BCUT2D eigenvalue weighted by molar-refractivity contribution is -0.143. The predicted molar refractivity (Wildman–Crippen MR) is 120 cm³/mol. The molecule has 0 aliphatic rings. The average molecular weight is 413 g/mol. The Morgan fingerprint density at radius 1 is 0.833 bits per heavy atom. The number of aromatic hydroxyl groups is 2. The van der Waals surface area contributed by atoms with Crippen molar-refractivity contribution in [1.29, 1.82) is 0 Å². The van der Waals surface area contributed by atoms with Gasteiger partial charge in [0.1, 0.15) is 17.2 Å². The first-order valence-corrected chi connectivity index (χ1v) is 10.7. The molecule has 0 heterocycles. The molecule has 0 fully saturated rings. The summed E-state index contributed by atoms with van der Waals surface area (Å²) in [6, 6.07) is 12.3. The zero-order valence-corrected chi connectivity index (χ0v) is 17.7. The normalized spacial score (nSPS) is 11.0. The molecule has 0 saturated carbocycles. The number of phenols is 2. The Morgan fingerprint density at radius 3 is 2.10 bits per heavy atom. The molecule has 5 nitrogen and oxygen atoms in total. The summed E-state index contributed by atoms with van der Waals surface area (Å²) in [4.78, 5) is 11.2. The number of ether oxygens (including phenoxy) is 2. The topological polar surface area (TPSA) is 76.0 Å². The average Bonchev–Trinajstić information content (AvgIpc) is 2.71. The molecule has 30 heavy (non-hydrogen) atoms. The van der Waals surface area contributed by atoms with E-state index in [9.17, 15) is 15.0 Å². The molecule has 0 aliphatic heterocycles. The Bertz CT molecular complexity index is 775. The second-order valence-electron chi connectivity index (χ2n) is 7.21. The van der Waals surface area contributed by atoms with Gasteiger partial charge < -0.3 is 19.7 Å². The highest BCUT2D eigenvalue weighted by Gasteiger charge is 2.01. The van der Waals surface area contributed by atoms with Crippen molar-refractivity contribution in [2.45, 2.75) is 51.9 Å². The number of carbonyl (C=O) groups is 1.